The molecule has 2 atom stereocenters. The second-order valence-corrected chi connectivity index (χ2v) is 3.65. The zero-order valence-corrected chi connectivity index (χ0v) is 8.22. The Hall–Kier alpha value is -1.55. The summed E-state index contributed by atoms with van der Waals surface area (Å²) < 4.78 is 4.99. The second-order valence-electron chi connectivity index (χ2n) is 3.65. The molecule has 0 bridgehead atoms. The van der Waals surface area contributed by atoms with Gasteiger partial charge < -0.3 is 15.6 Å². The topological polar surface area (TPSA) is 72.6 Å². The highest BCUT2D eigenvalue weighted by molar-refractivity contribution is 5.65. The third-order valence-corrected chi connectivity index (χ3v) is 2.66. The number of ether oxygens (including phenoxy) is 1. The van der Waals surface area contributed by atoms with Gasteiger partial charge in [0.1, 0.15) is 6.10 Å². The van der Waals surface area contributed by atoms with Crippen molar-refractivity contribution in [3.63, 3.8) is 0 Å². The smallest absolute Gasteiger partial charge is 0.405 e. The molecule has 1 aromatic carbocycles. The molecule has 0 spiro atoms. The number of carbonyl (C=O) groups excluding carboxylic acids is 1. The standard InChI is InChI=1S/C11H13NO3/c12-11(14)15-10-6-5-9(13)7-3-1-2-4-8(7)10/h1-4,9-10,13H,5-6H2,(H2,12,14)/t9?,10-/m0/s1. The number of amides is 1. The van der Waals surface area contributed by atoms with Crippen molar-refractivity contribution < 1.29 is 14.6 Å². The van der Waals surface area contributed by atoms with E-state index in [0.29, 0.717) is 12.8 Å². The van der Waals surface area contributed by atoms with Crippen LogP contribution in [-0.4, -0.2) is 11.2 Å². The van der Waals surface area contributed by atoms with Gasteiger partial charge in [-0.1, -0.05) is 24.3 Å². The fourth-order valence-electron chi connectivity index (χ4n) is 1.99. The van der Waals surface area contributed by atoms with Gasteiger partial charge in [0, 0.05) is 0 Å². The van der Waals surface area contributed by atoms with Crippen LogP contribution in [0.2, 0.25) is 0 Å². The lowest BCUT2D eigenvalue weighted by molar-refractivity contribution is 0.0663. The van der Waals surface area contributed by atoms with Gasteiger partial charge in [0.2, 0.25) is 0 Å². The highest BCUT2D eigenvalue weighted by atomic mass is 16.6. The van der Waals surface area contributed by atoms with Crippen LogP contribution in [0.3, 0.4) is 0 Å². The van der Waals surface area contributed by atoms with Gasteiger partial charge >= 0.3 is 6.09 Å². The van der Waals surface area contributed by atoms with Crippen LogP contribution in [0.4, 0.5) is 4.79 Å². The summed E-state index contributed by atoms with van der Waals surface area (Å²) in [6.45, 7) is 0. The number of nitrogens with two attached hydrogens (primary N) is 1. The van der Waals surface area contributed by atoms with Crippen molar-refractivity contribution in [2.45, 2.75) is 25.0 Å². The maximum Gasteiger partial charge on any atom is 0.405 e. The molecule has 4 nitrogen and oxygen atoms in total. The molecule has 0 saturated heterocycles. The Labute approximate surface area is 87.7 Å². The van der Waals surface area contributed by atoms with Gasteiger partial charge in [-0.25, -0.2) is 4.79 Å². The van der Waals surface area contributed by atoms with Crippen LogP contribution in [0, 0.1) is 0 Å². The number of rotatable bonds is 1. The maximum atomic E-state index is 10.7. The molecule has 3 N–H and O–H groups in total. The molecule has 0 saturated carbocycles. The van der Waals surface area contributed by atoms with E-state index in [1.807, 2.05) is 24.3 Å². The van der Waals surface area contributed by atoms with E-state index in [4.69, 9.17) is 10.5 Å². The van der Waals surface area contributed by atoms with Gasteiger partial charge in [-0.3, -0.25) is 0 Å². The highest BCUT2D eigenvalue weighted by Crippen LogP contribution is 2.37. The minimum absolute atomic E-state index is 0.318. The number of hydrogen-bond acceptors (Lipinski definition) is 3. The molecule has 1 amide bonds. The number of fused-ring (bicyclic) bond motifs is 1. The molecular formula is C11H13NO3. The highest BCUT2D eigenvalue weighted by Gasteiger charge is 2.27. The molecule has 0 aliphatic heterocycles. The zero-order valence-electron chi connectivity index (χ0n) is 8.22. The summed E-state index contributed by atoms with van der Waals surface area (Å²) in [4.78, 5) is 10.7. The number of hydrogen-bond donors (Lipinski definition) is 2. The first kappa shape index (κ1) is 9.98. The summed E-state index contributed by atoms with van der Waals surface area (Å²) in [7, 11) is 0. The number of carbonyl (C=O) groups is 1. The number of aliphatic hydroxyl groups is 1. The SMILES string of the molecule is NC(=O)O[C@H]1CCC(O)c2ccccc21. The summed E-state index contributed by atoms with van der Waals surface area (Å²) >= 11 is 0. The van der Waals surface area contributed by atoms with E-state index in [1.165, 1.54) is 0 Å². The molecule has 1 aromatic rings. The van der Waals surface area contributed by atoms with Crippen molar-refractivity contribution in [1.29, 1.82) is 0 Å². The first-order valence-electron chi connectivity index (χ1n) is 4.91. The molecule has 0 radical (unpaired) electrons. The summed E-state index contributed by atoms with van der Waals surface area (Å²) in [6.07, 6.45) is -0.349. The molecule has 2 rings (SSSR count). The molecule has 80 valence electrons. The Morgan fingerprint density at radius 2 is 2.00 bits per heavy atom. The molecule has 0 aromatic heterocycles. The molecule has 15 heavy (non-hydrogen) atoms. The van der Waals surface area contributed by atoms with Gasteiger partial charge in [-0.15, -0.1) is 0 Å². The first-order chi connectivity index (χ1) is 7.18. The number of benzene rings is 1. The van der Waals surface area contributed by atoms with E-state index in [9.17, 15) is 9.90 Å². The normalized spacial score (nSPS) is 24.3. The molecular weight excluding hydrogens is 194 g/mol. The molecule has 1 aliphatic carbocycles. The zero-order chi connectivity index (χ0) is 10.8. The Balaban J connectivity index is 2.31. The van der Waals surface area contributed by atoms with E-state index in [-0.39, 0.29) is 6.10 Å². The van der Waals surface area contributed by atoms with Gasteiger partial charge in [0.05, 0.1) is 6.10 Å². The van der Waals surface area contributed by atoms with Crippen molar-refractivity contribution in [2.24, 2.45) is 5.73 Å². The maximum absolute atomic E-state index is 10.7. The fourth-order valence-corrected chi connectivity index (χ4v) is 1.99. The molecule has 1 aliphatic rings. The van der Waals surface area contributed by atoms with Crippen LogP contribution < -0.4 is 5.73 Å². The number of primary amides is 1. The van der Waals surface area contributed by atoms with E-state index >= 15 is 0 Å². The van der Waals surface area contributed by atoms with Crippen LogP contribution in [-0.2, 0) is 4.74 Å². The summed E-state index contributed by atoms with van der Waals surface area (Å²) in [5.74, 6) is 0. The van der Waals surface area contributed by atoms with Gasteiger partial charge in [0.15, 0.2) is 0 Å². The fraction of sp³-hybridized carbons (Fsp3) is 0.364. The second kappa shape index (κ2) is 3.90. The Bertz CT molecular complexity index is 378. The van der Waals surface area contributed by atoms with Gasteiger partial charge in [-0.2, -0.15) is 0 Å². The molecule has 1 unspecified atom stereocenters. The quantitative estimate of drug-likeness (QED) is 0.735. The van der Waals surface area contributed by atoms with Crippen LogP contribution >= 0.6 is 0 Å². The van der Waals surface area contributed by atoms with Gasteiger partial charge in [0.25, 0.3) is 0 Å². The first-order valence-corrected chi connectivity index (χ1v) is 4.91. The molecule has 0 fully saturated rings. The average Bonchev–Trinajstić information content (AvgIpc) is 2.22. The predicted octanol–water partition coefficient (Wildman–Crippen LogP) is 1.65. The van der Waals surface area contributed by atoms with Crippen molar-refractivity contribution in [3.05, 3.63) is 35.4 Å². The monoisotopic (exact) mass is 207 g/mol. The van der Waals surface area contributed by atoms with E-state index in [0.717, 1.165) is 11.1 Å². The summed E-state index contributed by atoms with van der Waals surface area (Å²) in [5, 5.41) is 9.74. The van der Waals surface area contributed by atoms with Crippen LogP contribution in [0.1, 0.15) is 36.2 Å². The molecule has 0 heterocycles. The van der Waals surface area contributed by atoms with Gasteiger partial charge in [-0.05, 0) is 24.0 Å². The van der Waals surface area contributed by atoms with Crippen molar-refractivity contribution in [1.82, 2.24) is 0 Å². The Morgan fingerprint density at radius 3 is 2.67 bits per heavy atom. The van der Waals surface area contributed by atoms with Crippen molar-refractivity contribution >= 4 is 6.09 Å². The number of aliphatic hydroxyl groups excluding tert-OH is 1. The third-order valence-electron chi connectivity index (χ3n) is 2.66. The predicted molar refractivity (Wildman–Crippen MR) is 54.0 cm³/mol. The van der Waals surface area contributed by atoms with Crippen molar-refractivity contribution in [3.8, 4) is 0 Å². The van der Waals surface area contributed by atoms with Crippen LogP contribution in [0.5, 0.6) is 0 Å². The van der Waals surface area contributed by atoms with Crippen molar-refractivity contribution in [2.75, 3.05) is 0 Å². The van der Waals surface area contributed by atoms with E-state index in [1.54, 1.807) is 0 Å². The minimum Gasteiger partial charge on any atom is -0.442 e. The Kier molecular flexibility index (Phi) is 2.60. The largest absolute Gasteiger partial charge is 0.442 e. The molecule has 4 heteroatoms. The van der Waals surface area contributed by atoms with Crippen LogP contribution in [0.25, 0.3) is 0 Å². The lowest BCUT2D eigenvalue weighted by atomic mass is 9.87. The van der Waals surface area contributed by atoms with E-state index < -0.39 is 12.2 Å². The Morgan fingerprint density at radius 1 is 1.33 bits per heavy atom. The summed E-state index contributed by atoms with van der Waals surface area (Å²) in [6, 6.07) is 7.41. The van der Waals surface area contributed by atoms with Crippen LogP contribution in [0.15, 0.2) is 24.3 Å². The lowest BCUT2D eigenvalue weighted by Crippen LogP contribution is -2.22. The van der Waals surface area contributed by atoms with E-state index in [2.05, 4.69) is 0 Å². The minimum atomic E-state index is -0.772. The third kappa shape index (κ3) is 1.94. The average molecular weight is 207 g/mol. The lowest BCUT2D eigenvalue weighted by Gasteiger charge is -2.27. The summed E-state index contributed by atoms with van der Waals surface area (Å²) in [5.41, 5.74) is 6.68.